The molecule has 0 aliphatic carbocycles. The SMILES string of the molecule is CCN(CCN(C)C)C(=O)c1ccc2[nH]c(-c3cc(C)nc(C)c3)c(C(C)C)c2c1. The van der Waals surface area contributed by atoms with Crippen LogP contribution in [0.4, 0.5) is 0 Å². The number of likely N-dealkylation sites (N-methyl/N-ethyl adjacent to an activating group) is 2. The smallest absolute Gasteiger partial charge is 0.253 e. The van der Waals surface area contributed by atoms with Crippen molar-refractivity contribution >= 4 is 16.8 Å². The van der Waals surface area contributed by atoms with Crippen LogP contribution in [0.15, 0.2) is 30.3 Å². The number of aromatic amines is 1. The Kier molecular flexibility index (Phi) is 6.61. The Morgan fingerprint density at radius 1 is 1.07 bits per heavy atom. The predicted molar refractivity (Wildman–Crippen MR) is 125 cm³/mol. The summed E-state index contributed by atoms with van der Waals surface area (Å²) in [7, 11) is 4.06. The maximum absolute atomic E-state index is 13.2. The second-order valence-electron chi connectivity index (χ2n) is 8.66. The molecule has 1 amide bonds. The number of hydrogen-bond donors (Lipinski definition) is 1. The summed E-state index contributed by atoms with van der Waals surface area (Å²) in [5.41, 5.74) is 7.35. The van der Waals surface area contributed by atoms with Gasteiger partial charge in [-0.05, 0) is 76.7 Å². The summed E-state index contributed by atoms with van der Waals surface area (Å²) in [6.07, 6.45) is 0. The summed E-state index contributed by atoms with van der Waals surface area (Å²) in [4.78, 5) is 25.3. The first-order valence-corrected chi connectivity index (χ1v) is 10.8. The number of aromatic nitrogens is 2. The van der Waals surface area contributed by atoms with Crippen molar-refractivity contribution in [2.75, 3.05) is 33.7 Å². The van der Waals surface area contributed by atoms with E-state index in [1.54, 1.807) is 0 Å². The molecule has 1 aromatic carbocycles. The second-order valence-corrected chi connectivity index (χ2v) is 8.66. The molecule has 3 rings (SSSR count). The van der Waals surface area contributed by atoms with Crippen LogP contribution in [0.3, 0.4) is 0 Å². The van der Waals surface area contributed by atoms with Crippen LogP contribution in [-0.4, -0.2) is 59.4 Å². The molecule has 0 aliphatic rings. The number of H-pyrrole nitrogens is 1. The van der Waals surface area contributed by atoms with Crippen molar-refractivity contribution in [3.8, 4) is 11.3 Å². The van der Waals surface area contributed by atoms with E-state index >= 15 is 0 Å². The molecule has 0 bridgehead atoms. The van der Waals surface area contributed by atoms with Gasteiger partial charge in [0.05, 0.1) is 5.69 Å². The van der Waals surface area contributed by atoms with Crippen LogP contribution in [0, 0.1) is 13.8 Å². The fourth-order valence-corrected chi connectivity index (χ4v) is 4.06. The number of aryl methyl sites for hydroxylation is 2. The van der Waals surface area contributed by atoms with Gasteiger partial charge in [-0.3, -0.25) is 9.78 Å². The Morgan fingerprint density at radius 2 is 1.73 bits per heavy atom. The first kappa shape index (κ1) is 22.0. The van der Waals surface area contributed by atoms with Crippen molar-refractivity contribution in [1.82, 2.24) is 19.8 Å². The quantitative estimate of drug-likeness (QED) is 0.601. The lowest BCUT2D eigenvalue weighted by atomic mass is 9.95. The number of carbonyl (C=O) groups is 1. The molecule has 2 aromatic heterocycles. The van der Waals surface area contributed by atoms with Gasteiger partial charge < -0.3 is 14.8 Å². The van der Waals surface area contributed by atoms with Crippen LogP contribution in [0.25, 0.3) is 22.2 Å². The van der Waals surface area contributed by atoms with Gasteiger partial charge in [0.2, 0.25) is 0 Å². The fourth-order valence-electron chi connectivity index (χ4n) is 4.06. The van der Waals surface area contributed by atoms with Gasteiger partial charge in [0.25, 0.3) is 5.91 Å². The minimum absolute atomic E-state index is 0.0920. The van der Waals surface area contributed by atoms with Crippen LogP contribution in [0.2, 0.25) is 0 Å². The van der Waals surface area contributed by atoms with Gasteiger partial charge in [-0.2, -0.15) is 0 Å². The highest BCUT2D eigenvalue weighted by Gasteiger charge is 2.20. The third-order valence-corrected chi connectivity index (χ3v) is 5.52. The van der Waals surface area contributed by atoms with Crippen LogP contribution >= 0.6 is 0 Å². The van der Waals surface area contributed by atoms with Crippen molar-refractivity contribution in [3.63, 3.8) is 0 Å². The number of benzene rings is 1. The van der Waals surface area contributed by atoms with E-state index in [0.29, 0.717) is 12.5 Å². The summed E-state index contributed by atoms with van der Waals surface area (Å²) in [6, 6.07) is 10.3. The topological polar surface area (TPSA) is 52.2 Å². The molecule has 2 heterocycles. The van der Waals surface area contributed by atoms with Gasteiger partial charge in [-0.1, -0.05) is 13.8 Å². The summed E-state index contributed by atoms with van der Waals surface area (Å²) in [5.74, 6) is 0.415. The van der Waals surface area contributed by atoms with Crippen LogP contribution in [0.5, 0.6) is 0 Å². The molecule has 0 unspecified atom stereocenters. The van der Waals surface area contributed by atoms with Crippen LogP contribution in [0.1, 0.15) is 54.0 Å². The second kappa shape index (κ2) is 9.00. The van der Waals surface area contributed by atoms with Gasteiger partial charge in [-0.15, -0.1) is 0 Å². The van der Waals surface area contributed by atoms with Crippen LogP contribution < -0.4 is 0 Å². The molecular formula is C25H34N4O. The van der Waals surface area contributed by atoms with E-state index in [9.17, 15) is 4.79 Å². The number of amides is 1. The zero-order valence-corrected chi connectivity index (χ0v) is 19.3. The highest BCUT2D eigenvalue weighted by Crippen LogP contribution is 2.36. The first-order chi connectivity index (χ1) is 14.2. The molecule has 0 aliphatic heterocycles. The first-order valence-electron chi connectivity index (χ1n) is 10.8. The van der Waals surface area contributed by atoms with Crippen molar-refractivity contribution in [2.45, 2.75) is 40.5 Å². The van der Waals surface area contributed by atoms with Crippen LogP contribution in [-0.2, 0) is 0 Å². The molecule has 0 saturated carbocycles. The van der Waals surface area contributed by atoms with Gasteiger partial charge in [0, 0.05) is 53.1 Å². The Morgan fingerprint density at radius 3 is 2.30 bits per heavy atom. The highest BCUT2D eigenvalue weighted by molar-refractivity contribution is 6.00. The molecule has 0 radical (unpaired) electrons. The largest absolute Gasteiger partial charge is 0.354 e. The highest BCUT2D eigenvalue weighted by atomic mass is 16.2. The molecule has 5 nitrogen and oxygen atoms in total. The monoisotopic (exact) mass is 406 g/mol. The van der Waals surface area contributed by atoms with Gasteiger partial charge >= 0.3 is 0 Å². The summed E-state index contributed by atoms with van der Waals surface area (Å²) >= 11 is 0. The van der Waals surface area contributed by atoms with E-state index in [0.717, 1.165) is 52.2 Å². The Bertz CT molecular complexity index is 1030. The minimum atomic E-state index is 0.0920. The summed E-state index contributed by atoms with van der Waals surface area (Å²) in [5, 5.41) is 1.13. The Hall–Kier alpha value is -2.66. The standard InChI is InChI=1S/C25H34N4O/c1-8-29(12-11-28(6)7)25(30)19-9-10-22-21(15-19)23(16(2)3)24(27-22)20-13-17(4)26-18(5)14-20/h9-10,13-16,27H,8,11-12H2,1-7H3. The lowest BCUT2D eigenvalue weighted by Gasteiger charge is -2.23. The molecule has 0 spiro atoms. The maximum atomic E-state index is 13.2. The maximum Gasteiger partial charge on any atom is 0.253 e. The molecule has 5 heteroatoms. The average molecular weight is 407 g/mol. The Balaban J connectivity index is 2.07. The molecule has 160 valence electrons. The van der Waals surface area contributed by atoms with Crippen molar-refractivity contribution in [3.05, 3.63) is 52.8 Å². The van der Waals surface area contributed by atoms with Crippen molar-refractivity contribution < 1.29 is 4.79 Å². The van der Waals surface area contributed by atoms with E-state index in [4.69, 9.17) is 0 Å². The zero-order chi connectivity index (χ0) is 22.0. The van der Waals surface area contributed by atoms with E-state index in [2.05, 4.69) is 46.9 Å². The zero-order valence-electron chi connectivity index (χ0n) is 19.3. The molecular weight excluding hydrogens is 372 g/mol. The lowest BCUT2D eigenvalue weighted by Crippen LogP contribution is -2.36. The third-order valence-electron chi connectivity index (χ3n) is 5.52. The minimum Gasteiger partial charge on any atom is -0.354 e. The number of fused-ring (bicyclic) bond motifs is 1. The number of pyridine rings is 1. The summed E-state index contributed by atoms with van der Waals surface area (Å²) in [6.45, 7) is 12.8. The van der Waals surface area contributed by atoms with Gasteiger partial charge in [0.1, 0.15) is 0 Å². The van der Waals surface area contributed by atoms with E-state index in [1.165, 1.54) is 5.56 Å². The molecule has 0 saturated heterocycles. The van der Waals surface area contributed by atoms with Crippen molar-refractivity contribution in [2.24, 2.45) is 0 Å². The van der Waals surface area contributed by atoms with E-state index < -0.39 is 0 Å². The number of hydrogen-bond acceptors (Lipinski definition) is 3. The van der Waals surface area contributed by atoms with Gasteiger partial charge in [-0.25, -0.2) is 0 Å². The molecule has 0 fully saturated rings. The summed E-state index contributed by atoms with van der Waals surface area (Å²) < 4.78 is 0. The fraction of sp³-hybridized carbons (Fsp3) is 0.440. The molecule has 3 aromatic rings. The third kappa shape index (κ3) is 4.57. The molecule has 0 atom stereocenters. The number of nitrogens with one attached hydrogen (secondary N) is 1. The van der Waals surface area contributed by atoms with Gasteiger partial charge in [0.15, 0.2) is 0 Å². The number of nitrogens with zero attached hydrogens (tertiary/aromatic N) is 3. The normalized spacial score (nSPS) is 11.6. The molecule has 1 N–H and O–H groups in total. The molecule has 30 heavy (non-hydrogen) atoms. The predicted octanol–water partition coefficient (Wildman–Crippen LogP) is 4.99. The van der Waals surface area contributed by atoms with E-state index in [1.807, 2.05) is 51.9 Å². The van der Waals surface area contributed by atoms with Crippen molar-refractivity contribution in [1.29, 1.82) is 0 Å². The number of rotatable bonds is 7. The van der Waals surface area contributed by atoms with E-state index in [-0.39, 0.29) is 5.91 Å². The Labute approximate surface area is 180 Å². The average Bonchev–Trinajstić information content (AvgIpc) is 3.06. The lowest BCUT2D eigenvalue weighted by molar-refractivity contribution is 0.0754. The number of carbonyl (C=O) groups excluding carboxylic acids is 1.